The van der Waals surface area contributed by atoms with Crippen molar-refractivity contribution in [1.82, 2.24) is 5.32 Å². The maximum atomic E-state index is 13.1. The highest BCUT2D eigenvalue weighted by atomic mass is 19.4. The molecular formula is C14H15F4NO2. The Morgan fingerprint density at radius 2 is 2.14 bits per heavy atom. The molecule has 1 atom stereocenters. The van der Waals surface area contributed by atoms with Gasteiger partial charge in [-0.05, 0) is 37.0 Å². The molecule has 3 nitrogen and oxygen atoms in total. The maximum Gasteiger partial charge on any atom is 0.419 e. The largest absolute Gasteiger partial charge is 0.419 e. The Kier molecular flexibility index (Phi) is 4.82. The van der Waals surface area contributed by atoms with Gasteiger partial charge in [-0.3, -0.25) is 4.79 Å². The summed E-state index contributed by atoms with van der Waals surface area (Å²) in [4.78, 5) is 11.8. The summed E-state index contributed by atoms with van der Waals surface area (Å²) < 4.78 is 56.0. The molecule has 1 saturated heterocycles. The molecule has 0 aromatic heterocycles. The lowest BCUT2D eigenvalue weighted by atomic mass is 10.1. The van der Waals surface area contributed by atoms with Gasteiger partial charge in [0.25, 0.3) is 5.91 Å². The summed E-state index contributed by atoms with van der Waals surface area (Å²) in [6.45, 7) is 1.70. The molecule has 0 bridgehead atoms. The van der Waals surface area contributed by atoms with E-state index in [0.29, 0.717) is 44.2 Å². The number of rotatable bonds is 4. The van der Waals surface area contributed by atoms with Crippen LogP contribution < -0.4 is 5.32 Å². The summed E-state index contributed by atoms with van der Waals surface area (Å²) in [5, 5.41) is 2.54. The first-order valence-electron chi connectivity index (χ1n) is 6.60. The van der Waals surface area contributed by atoms with Crippen LogP contribution in [0.25, 0.3) is 0 Å². The summed E-state index contributed by atoms with van der Waals surface area (Å²) >= 11 is 0. The zero-order chi connectivity index (χ0) is 15.5. The molecule has 1 unspecified atom stereocenters. The van der Waals surface area contributed by atoms with Gasteiger partial charge in [-0.25, -0.2) is 4.39 Å². The molecule has 1 heterocycles. The molecule has 1 fully saturated rings. The molecule has 1 aliphatic rings. The number of hydrogen-bond acceptors (Lipinski definition) is 2. The van der Waals surface area contributed by atoms with Crippen molar-refractivity contribution in [2.24, 2.45) is 5.92 Å². The third-order valence-corrected chi connectivity index (χ3v) is 3.40. The van der Waals surface area contributed by atoms with E-state index in [4.69, 9.17) is 4.74 Å². The van der Waals surface area contributed by atoms with Gasteiger partial charge in [0.15, 0.2) is 0 Å². The first-order valence-corrected chi connectivity index (χ1v) is 6.60. The number of halogens is 4. The van der Waals surface area contributed by atoms with Crippen molar-refractivity contribution in [3.05, 3.63) is 35.1 Å². The highest BCUT2D eigenvalue weighted by Gasteiger charge is 2.34. The molecule has 1 aromatic carbocycles. The summed E-state index contributed by atoms with van der Waals surface area (Å²) in [6, 6.07) is 2.23. The van der Waals surface area contributed by atoms with E-state index in [1.165, 1.54) is 0 Å². The fraction of sp³-hybridized carbons (Fsp3) is 0.500. The van der Waals surface area contributed by atoms with Crippen LogP contribution in [0.4, 0.5) is 17.6 Å². The van der Waals surface area contributed by atoms with E-state index in [-0.39, 0.29) is 5.56 Å². The van der Waals surface area contributed by atoms with Crippen molar-refractivity contribution in [1.29, 1.82) is 0 Å². The molecule has 116 valence electrons. The minimum atomic E-state index is -4.82. The standard InChI is InChI=1S/C14H15F4NO2/c15-12-2-1-10(7-11(12)14(16,17)18)13(20)19-5-3-9-4-6-21-8-9/h1-2,7,9H,3-6,8H2,(H,19,20). The van der Waals surface area contributed by atoms with E-state index in [9.17, 15) is 22.4 Å². The van der Waals surface area contributed by atoms with E-state index in [1.54, 1.807) is 0 Å². The Morgan fingerprint density at radius 1 is 1.38 bits per heavy atom. The number of amides is 1. The van der Waals surface area contributed by atoms with Gasteiger partial charge >= 0.3 is 6.18 Å². The third-order valence-electron chi connectivity index (χ3n) is 3.40. The van der Waals surface area contributed by atoms with Crippen LogP contribution in [-0.2, 0) is 10.9 Å². The molecule has 0 aliphatic carbocycles. The quantitative estimate of drug-likeness (QED) is 0.869. The monoisotopic (exact) mass is 305 g/mol. The Balaban J connectivity index is 1.95. The highest BCUT2D eigenvalue weighted by molar-refractivity contribution is 5.94. The van der Waals surface area contributed by atoms with E-state index in [2.05, 4.69) is 5.32 Å². The summed E-state index contributed by atoms with van der Waals surface area (Å²) in [6.07, 6.45) is -3.19. The number of alkyl halides is 3. The molecule has 2 rings (SSSR count). The van der Waals surface area contributed by atoms with Crippen LogP contribution in [0.5, 0.6) is 0 Å². The van der Waals surface area contributed by atoms with Crippen LogP contribution in [0.3, 0.4) is 0 Å². The van der Waals surface area contributed by atoms with E-state index >= 15 is 0 Å². The molecule has 1 aliphatic heterocycles. The second-order valence-electron chi connectivity index (χ2n) is 4.97. The predicted molar refractivity (Wildman–Crippen MR) is 67.3 cm³/mol. The van der Waals surface area contributed by atoms with Gasteiger partial charge in [-0.1, -0.05) is 0 Å². The van der Waals surface area contributed by atoms with E-state index < -0.39 is 23.5 Å². The van der Waals surface area contributed by atoms with Gasteiger partial charge in [0.2, 0.25) is 0 Å². The van der Waals surface area contributed by atoms with Crippen molar-refractivity contribution in [2.45, 2.75) is 19.0 Å². The van der Waals surface area contributed by atoms with Crippen LogP contribution >= 0.6 is 0 Å². The summed E-state index contributed by atoms with van der Waals surface area (Å²) in [5.41, 5.74) is -1.63. The number of hydrogen-bond donors (Lipinski definition) is 1. The van der Waals surface area contributed by atoms with Crippen LogP contribution in [0.1, 0.15) is 28.8 Å². The van der Waals surface area contributed by atoms with Crippen LogP contribution in [-0.4, -0.2) is 25.7 Å². The fourth-order valence-corrected chi connectivity index (χ4v) is 2.19. The second kappa shape index (κ2) is 6.43. The van der Waals surface area contributed by atoms with Crippen molar-refractivity contribution in [3.63, 3.8) is 0 Å². The Labute approximate surface area is 119 Å². The minimum absolute atomic E-state index is 0.202. The van der Waals surface area contributed by atoms with Gasteiger partial charge in [-0.2, -0.15) is 13.2 Å². The lowest BCUT2D eigenvalue weighted by molar-refractivity contribution is -0.140. The fourth-order valence-electron chi connectivity index (χ4n) is 2.19. The number of ether oxygens (including phenoxy) is 1. The zero-order valence-electron chi connectivity index (χ0n) is 11.2. The zero-order valence-corrected chi connectivity index (χ0v) is 11.2. The van der Waals surface area contributed by atoms with Gasteiger partial charge in [0.1, 0.15) is 5.82 Å². The Hall–Kier alpha value is -1.63. The number of carbonyl (C=O) groups is 1. The molecule has 0 radical (unpaired) electrons. The SMILES string of the molecule is O=C(NCCC1CCOC1)c1ccc(F)c(C(F)(F)F)c1. The topological polar surface area (TPSA) is 38.3 Å². The van der Waals surface area contributed by atoms with Crippen LogP contribution in [0, 0.1) is 11.7 Å². The van der Waals surface area contributed by atoms with Crippen LogP contribution in [0.15, 0.2) is 18.2 Å². The molecule has 0 spiro atoms. The van der Waals surface area contributed by atoms with Gasteiger partial charge in [0.05, 0.1) is 5.56 Å². The number of nitrogens with one attached hydrogen (secondary N) is 1. The average molecular weight is 305 g/mol. The van der Waals surface area contributed by atoms with Crippen molar-refractivity contribution >= 4 is 5.91 Å². The molecule has 0 saturated carbocycles. The first-order chi connectivity index (χ1) is 9.88. The van der Waals surface area contributed by atoms with Crippen LogP contribution in [0.2, 0.25) is 0 Å². The van der Waals surface area contributed by atoms with E-state index in [1.807, 2.05) is 0 Å². The smallest absolute Gasteiger partial charge is 0.381 e. The van der Waals surface area contributed by atoms with Crippen molar-refractivity contribution < 1.29 is 27.1 Å². The molecule has 21 heavy (non-hydrogen) atoms. The second-order valence-corrected chi connectivity index (χ2v) is 4.97. The molecular weight excluding hydrogens is 290 g/mol. The Morgan fingerprint density at radius 3 is 2.76 bits per heavy atom. The molecule has 1 N–H and O–H groups in total. The lowest BCUT2D eigenvalue weighted by Crippen LogP contribution is -2.26. The van der Waals surface area contributed by atoms with Gasteiger partial charge in [-0.15, -0.1) is 0 Å². The minimum Gasteiger partial charge on any atom is -0.381 e. The van der Waals surface area contributed by atoms with Gasteiger partial charge < -0.3 is 10.1 Å². The first kappa shape index (κ1) is 15.8. The maximum absolute atomic E-state index is 13.1. The van der Waals surface area contributed by atoms with Crippen molar-refractivity contribution in [2.75, 3.05) is 19.8 Å². The normalized spacial score (nSPS) is 18.8. The molecule has 7 heteroatoms. The number of benzene rings is 1. The third kappa shape index (κ3) is 4.17. The van der Waals surface area contributed by atoms with Gasteiger partial charge in [0, 0.05) is 25.3 Å². The van der Waals surface area contributed by atoms with Crippen molar-refractivity contribution in [3.8, 4) is 0 Å². The lowest BCUT2D eigenvalue weighted by Gasteiger charge is -2.11. The highest BCUT2D eigenvalue weighted by Crippen LogP contribution is 2.31. The molecule has 1 aromatic rings. The summed E-state index contributed by atoms with van der Waals surface area (Å²) in [7, 11) is 0. The predicted octanol–water partition coefficient (Wildman–Crippen LogP) is 3.00. The number of carbonyl (C=O) groups excluding carboxylic acids is 1. The molecule has 1 amide bonds. The Bertz CT molecular complexity index is 510. The average Bonchev–Trinajstić information content (AvgIpc) is 2.91. The van der Waals surface area contributed by atoms with E-state index in [0.717, 1.165) is 12.5 Å². The summed E-state index contributed by atoms with van der Waals surface area (Å²) in [5.74, 6) is -1.66.